The molecule has 128 valence electrons. The number of nitrogens with zero attached hydrogens (tertiary/aromatic N) is 3. The normalized spacial score (nSPS) is 19.2. The molecule has 23 heavy (non-hydrogen) atoms. The summed E-state index contributed by atoms with van der Waals surface area (Å²) in [6.07, 6.45) is 1.26. The molecule has 0 aromatic heterocycles. The van der Waals surface area contributed by atoms with Crippen molar-refractivity contribution in [2.45, 2.75) is 19.4 Å². The molecule has 0 radical (unpaired) electrons. The highest BCUT2D eigenvalue weighted by Gasteiger charge is 2.12. The molecule has 1 aromatic carbocycles. The Morgan fingerprint density at radius 3 is 2.70 bits per heavy atom. The molecule has 1 fully saturated rings. The van der Waals surface area contributed by atoms with Gasteiger partial charge in [0.2, 0.25) is 0 Å². The number of likely N-dealkylation sites (N-methyl/N-ethyl adjacent to an activating group) is 1. The monoisotopic (exact) mass is 317 g/mol. The zero-order chi connectivity index (χ0) is 16.5. The van der Waals surface area contributed by atoms with Gasteiger partial charge in [-0.05, 0) is 39.0 Å². The smallest absolute Gasteiger partial charge is 0.191 e. The molecule has 1 heterocycles. The van der Waals surface area contributed by atoms with Gasteiger partial charge in [-0.15, -0.1) is 0 Å². The highest BCUT2D eigenvalue weighted by molar-refractivity contribution is 5.80. The van der Waals surface area contributed by atoms with Crippen molar-refractivity contribution in [1.82, 2.24) is 20.4 Å². The van der Waals surface area contributed by atoms with E-state index in [9.17, 15) is 0 Å². The summed E-state index contributed by atoms with van der Waals surface area (Å²) >= 11 is 0. The molecule has 0 aliphatic carbocycles. The predicted molar refractivity (Wildman–Crippen MR) is 97.9 cm³/mol. The van der Waals surface area contributed by atoms with E-state index in [1.54, 1.807) is 0 Å². The molecule has 1 aliphatic rings. The molecule has 2 N–H and O–H groups in total. The van der Waals surface area contributed by atoms with Crippen LogP contribution < -0.4 is 10.6 Å². The summed E-state index contributed by atoms with van der Waals surface area (Å²) in [7, 11) is 4.03. The molecule has 0 saturated carbocycles. The lowest BCUT2D eigenvalue weighted by atomic mass is 10.1. The SMILES string of the molecule is CN=C(NCCN1CCCN(C)CC1)NC(C)c1ccccc1. The summed E-state index contributed by atoms with van der Waals surface area (Å²) in [5.74, 6) is 0.869. The maximum atomic E-state index is 4.33. The number of hydrogen-bond acceptors (Lipinski definition) is 3. The fourth-order valence-electron chi connectivity index (χ4n) is 2.88. The zero-order valence-corrected chi connectivity index (χ0v) is 14.8. The van der Waals surface area contributed by atoms with Gasteiger partial charge in [0.25, 0.3) is 0 Å². The fraction of sp³-hybridized carbons (Fsp3) is 0.611. The molecule has 1 atom stereocenters. The van der Waals surface area contributed by atoms with Crippen LogP contribution in [0.4, 0.5) is 0 Å². The average molecular weight is 317 g/mol. The minimum absolute atomic E-state index is 0.245. The summed E-state index contributed by atoms with van der Waals surface area (Å²) in [5.41, 5.74) is 1.27. The highest BCUT2D eigenvalue weighted by Crippen LogP contribution is 2.10. The van der Waals surface area contributed by atoms with Crippen LogP contribution in [0.2, 0.25) is 0 Å². The second-order valence-electron chi connectivity index (χ2n) is 6.27. The molecule has 1 aromatic rings. The number of benzene rings is 1. The van der Waals surface area contributed by atoms with Gasteiger partial charge in [0.05, 0.1) is 6.04 Å². The largest absolute Gasteiger partial charge is 0.355 e. The maximum absolute atomic E-state index is 4.33. The lowest BCUT2D eigenvalue weighted by Gasteiger charge is -2.22. The molecule has 0 bridgehead atoms. The summed E-state index contributed by atoms with van der Waals surface area (Å²) in [6, 6.07) is 10.7. The first-order valence-corrected chi connectivity index (χ1v) is 8.62. The van der Waals surface area contributed by atoms with E-state index < -0.39 is 0 Å². The van der Waals surface area contributed by atoms with Crippen molar-refractivity contribution >= 4 is 5.96 Å². The zero-order valence-electron chi connectivity index (χ0n) is 14.8. The van der Waals surface area contributed by atoms with E-state index in [0.29, 0.717) is 0 Å². The first-order chi connectivity index (χ1) is 11.2. The van der Waals surface area contributed by atoms with Gasteiger partial charge in [0.1, 0.15) is 0 Å². The Morgan fingerprint density at radius 1 is 1.17 bits per heavy atom. The molecule has 0 spiro atoms. The van der Waals surface area contributed by atoms with Crippen LogP contribution >= 0.6 is 0 Å². The molecule has 1 aliphatic heterocycles. The Bertz CT molecular complexity index is 474. The van der Waals surface area contributed by atoms with E-state index in [1.807, 2.05) is 13.1 Å². The third kappa shape index (κ3) is 6.20. The number of aliphatic imine (C=N–C) groups is 1. The molecule has 1 unspecified atom stereocenters. The number of rotatable bonds is 5. The number of nitrogens with one attached hydrogen (secondary N) is 2. The number of hydrogen-bond donors (Lipinski definition) is 2. The van der Waals surface area contributed by atoms with Gasteiger partial charge >= 0.3 is 0 Å². The van der Waals surface area contributed by atoms with Crippen LogP contribution in [0.5, 0.6) is 0 Å². The summed E-state index contributed by atoms with van der Waals surface area (Å²) in [5, 5.41) is 6.88. The molecule has 2 rings (SSSR count). The van der Waals surface area contributed by atoms with Gasteiger partial charge in [-0.3, -0.25) is 4.99 Å². The van der Waals surface area contributed by atoms with Crippen molar-refractivity contribution < 1.29 is 0 Å². The minimum Gasteiger partial charge on any atom is -0.355 e. The van der Waals surface area contributed by atoms with Gasteiger partial charge in [-0.25, -0.2) is 0 Å². The van der Waals surface area contributed by atoms with Crippen LogP contribution in [-0.2, 0) is 0 Å². The van der Waals surface area contributed by atoms with Crippen molar-refractivity contribution in [2.24, 2.45) is 4.99 Å². The predicted octanol–water partition coefficient (Wildman–Crippen LogP) is 1.55. The van der Waals surface area contributed by atoms with Crippen molar-refractivity contribution in [3.63, 3.8) is 0 Å². The standard InChI is InChI=1S/C18H31N5/c1-16(17-8-5-4-6-9-17)21-18(19-2)20-10-13-23-12-7-11-22(3)14-15-23/h4-6,8-9,16H,7,10-15H2,1-3H3,(H2,19,20,21). The van der Waals surface area contributed by atoms with Gasteiger partial charge in [-0.1, -0.05) is 30.3 Å². The summed E-state index contributed by atoms with van der Waals surface area (Å²) < 4.78 is 0. The maximum Gasteiger partial charge on any atom is 0.191 e. The van der Waals surface area contributed by atoms with Gasteiger partial charge < -0.3 is 20.4 Å². The fourth-order valence-corrected chi connectivity index (χ4v) is 2.88. The van der Waals surface area contributed by atoms with Crippen LogP contribution in [0.1, 0.15) is 24.9 Å². The molecule has 5 nitrogen and oxygen atoms in total. The Kier molecular flexibility index (Phi) is 7.36. The summed E-state index contributed by atoms with van der Waals surface area (Å²) in [6.45, 7) is 8.87. The second-order valence-corrected chi connectivity index (χ2v) is 6.27. The van der Waals surface area contributed by atoms with Crippen molar-refractivity contribution in [3.05, 3.63) is 35.9 Å². The first kappa shape index (κ1) is 17.8. The Hall–Kier alpha value is -1.59. The van der Waals surface area contributed by atoms with Crippen LogP contribution in [0.3, 0.4) is 0 Å². The Labute approximate surface area is 140 Å². The van der Waals surface area contributed by atoms with Crippen molar-refractivity contribution in [2.75, 3.05) is 53.4 Å². The molecule has 0 amide bonds. The van der Waals surface area contributed by atoms with Crippen molar-refractivity contribution in [1.29, 1.82) is 0 Å². The van der Waals surface area contributed by atoms with Crippen LogP contribution in [0.25, 0.3) is 0 Å². The van der Waals surface area contributed by atoms with E-state index in [0.717, 1.165) is 32.1 Å². The second kappa shape index (κ2) is 9.53. The van der Waals surface area contributed by atoms with E-state index in [4.69, 9.17) is 0 Å². The lowest BCUT2D eigenvalue weighted by Crippen LogP contribution is -2.43. The molecular weight excluding hydrogens is 286 g/mol. The molecule has 1 saturated heterocycles. The van der Waals surface area contributed by atoms with Gasteiger partial charge in [-0.2, -0.15) is 0 Å². The number of guanidine groups is 1. The van der Waals surface area contributed by atoms with Crippen LogP contribution in [0.15, 0.2) is 35.3 Å². The third-order valence-electron chi connectivity index (χ3n) is 4.41. The van der Waals surface area contributed by atoms with E-state index in [2.05, 4.69) is 63.7 Å². The van der Waals surface area contributed by atoms with Crippen molar-refractivity contribution in [3.8, 4) is 0 Å². The molecular formula is C18H31N5. The Balaban J connectivity index is 1.73. The summed E-state index contributed by atoms with van der Waals surface area (Å²) in [4.78, 5) is 9.28. The van der Waals surface area contributed by atoms with Gasteiger partial charge in [0, 0.05) is 33.2 Å². The van der Waals surface area contributed by atoms with Gasteiger partial charge in [0.15, 0.2) is 5.96 Å². The Morgan fingerprint density at radius 2 is 1.96 bits per heavy atom. The quantitative estimate of drug-likeness (QED) is 0.639. The first-order valence-electron chi connectivity index (χ1n) is 8.62. The third-order valence-corrected chi connectivity index (χ3v) is 4.41. The lowest BCUT2D eigenvalue weighted by molar-refractivity contribution is 0.280. The van der Waals surface area contributed by atoms with E-state index in [-0.39, 0.29) is 6.04 Å². The van der Waals surface area contributed by atoms with E-state index in [1.165, 1.54) is 25.1 Å². The van der Waals surface area contributed by atoms with Crippen LogP contribution in [-0.4, -0.2) is 69.1 Å². The minimum atomic E-state index is 0.245. The average Bonchev–Trinajstić information content (AvgIpc) is 2.79. The van der Waals surface area contributed by atoms with E-state index >= 15 is 0 Å². The van der Waals surface area contributed by atoms with Crippen LogP contribution in [0, 0.1) is 0 Å². The molecule has 5 heteroatoms. The topological polar surface area (TPSA) is 42.9 Å². The highest BCUT2D eigenvalue weighted by atomic mass is 15.2.